The zero-order valence-electron chi connectivity index (χ0n) is 11.5. The van der Waals surface area contributed by atoms with Crippen molar-refractivity contribution in [3.63, 3.8) is 0 Å². The van der Waals surface area contributed by atoms with Crippen LogP contribution in [0.25, 0.3) is 11.2 Å². The largest absolute Gasteiger partial charge is 0.390 e. The third-order valence-electron chi connectivity index (χ3n) is 2.06. The minimum atomic E-state index is -2.79. The van der Waals surface area contributed by atoms with E-state index in [0.717, 1.165) is 6.20 Å². The van der Waals surface area contributed by atoms with E-state index in [1.165, 1.54) is 0 Å². The summed E-state index contributed by atoms with van der Waals surface area (Å²) in [6.07, 6.45) is -2.83. The molecule has 0 fully saturated rings. The summed E-state index contributed by atoms with van der Waals surface area (Å²) < 4.78 is 21.1. The molecule has 90 valence electrons. The summed E-state index contributed by atoms with van der Waals surface area (Å²) in [5, 5.41) is 19.3. The molecule has 0 aromatic carbocycles. The Morgan fingerprint density at radius 1 is 1.53 bits per heavy atom. The summed E-state index contributed by atoms with van der Waals surface area (Å²) in [6, 6.07) is 0. The summed E-state index contributed by atoms with van der Waals surface area (Å²) in [4.78, 5) is 25.0. The highest BCUT2D eigenvalue weighted by Gasteiger charge is 2.17. The highest BCUT2D eigenvalue weighted by molar-refractivity contribution is 5.69. The van der Waals surface area contributed by atoms with Gasteiger partial charge >= 0.3 is 0 Å². The molecule has 2 aromatic heterocycles. The maximum absolute atomic E-state index is 11.6. The van der Waals surface area contributed by atoms with Gasteiger partial charge < -0.3 is 15.9 Å². The standard InChI is InChI=1S/C9H11N5O3/c1-3(15)6(16)4-2-11-7-5(12-4)8(17)14-9(10)13-7/h2-3,6,15-16H,1H3,(H3,10,11,13,14,17)/t3-,6-/m0/s1/i1D3. The lowest BCUT2D eigenvalue weighted by atomic mass is 10.2. The molecule has 0 aliphatic rings. The fourth-order valence-electron chi connectivity index (χ4n) is 1.25. The van der Waals surface area contributed by atoms with Gasteiger partial charge in [-0.3, -0.25) is 9.78 Å². The van der Waals surface area contributed by atoms with Gasteiger partial charge in [0.15, 0.2) is 11.2 Å². The number of aliphatic hydroxyl groups is 2. The zero-order valence-corrected chi connectivity index (χ0v) is 8.45. The number of aromatic nitrogens is 4. The van der Waals surface area contributed by atoms with Crippen molar-refractivity contribution >= 4 is 17.1 Å². The molecule has 17 heavy (non-hydrogen) atoms. The Morgan fingerprint density at radius 3 is 3.00 bits per heavy atom. The first-order chi connectivity index (χ1) is 9.20. The molecule has 2 atom stereocenters. The predicted octanol–water partition coefficient (Wildman–Crippen LogP) is -1.29. The van der Waals surface area contributed by atoms with E-state index in [1.54, 1.807) is 0 Å². The second-order valence-corrected chi connectivity index (χ2v) is 3.31. The number of nitrogens with zero attached hydrogens (tertiary/aromatic N) is 3. The Kier molecular flexibility index (Phi) is 1.94. The Balaban J connectivity index is 2.49. The average molecular weight is 240 g/mol. The molecule has 2 heterocycles. The normalized spacial score (nSPS) is 18.1. The molecule has 0 radical (unpaired) electrons. The SMILES string of the molecule is [2H]C([2H])([2H])[C@H](O)[C@H](O)c1cnc2nc(N)[nH]c(=O)c2n1. The second-order valence-electron chi connectivity index (χ2n) is 3.31. The molecule has 8 nitrogen and oxygen atoms in total. The van der Waals surface area contributed by atoms with Crippen LogP contribution in [-0.2, 0) is 0 Å². The third-order valence-corrected chi connectivity index (χ3v) is 2.06. The molecule has 0 aliphatic heterocycles. The van der Waals surface area contributed by atoms with Crippen LogP contribution in [0.3, 0.4) is 0 Å². The van der Waals surface area contributed by atoms with E-state index in [2.05, 4.69) is 19.9 Å². The highest BCUT2D eigenvalue weighted by atomic mass is 16.3. The van der Waals surface area contributed by atoms with Crippen LogP contribution in [0.5, 0.6) is 0 Å². The van der Waals surface area contributed by atoms with Crippen LogP contribution in [0.15, 0.2) is 11.0 Å². The number of nitrogens with one attached hydrogen (secondary N) is 1. The van der Waals surface area contributed by atoms with Crippen LogP contribution in [0, 0.1) is 0 Å². The van der Waals surface area contributed by atoms with E-state index in [0.29, 0.717) is 0 Å². The summed E-state index contributed by atoms with van der Waals surface area (Å²) in [5.74, 6) is -0.146. The van der Waals surface area contributed by atoms with Gasteiger partial charge in [-0.1, -0.05) is 0 Å². The fraction of sp³-hybridized carbons (Fsp3) is 0.333. The van der Waals surface area contributed by atoms with Gasteiger partial charge in [0.2, 0.25) is 5.95 Å². The van der Waals surface area contributed by atoms with E-state index >= 15 is 0 Å². The third kappa shape index (κ3) is 2.08. The number of hydrogen-bond donors (Lipinski definition) is 4. The Morgan fingerprint density at radius 2 is 2.29 bits per heavy atom. The molecule has 0 amide bonds. The lowest BCUT2D eigenvalue weighted by Crippen LogP contribution is -2.18. The smallest absolute Gasteiger partial charge is 0.280 e. The maximum Gasteiger partial charge on any atom is 0.280 e. The fourth-order valence-corrected chi connectivity index (χ4v) is 1.25. The van der Waals surface area contributed by atoms with Crippen molar-refractivity contribution in [3.05, 3.63) is 22.2 Å². The van der Waals surface area contributed by atoms with Crippen molar-refractivity contribution < 1.29 is 14.3 Å². The molecular formula is C9H11N5O3. The van der Waals surface area contributed by atoms with Gasteiger partial charge in [-0.15, -0.1) is 0 Å². The Hall–Kier alpha value is -2.06. The van der Waals surface area contributed by atoms with Crippen LogP contribution in [0.1, 0.15) is 22.8 Å². The van der Waals surface area contributed by atoms with Crippen LogP contribution in [-0.4, -0.2) is 36.3 Å². The van der Waals surface area contributed by atoms with Crippen LogP contribution in [0.2, 0.25) is 0 Å². The summed E-state index contributed by atoms with van der Waals surface area (Å²) in [6.45, 7) is -2.79. The molecule has 2 aromatic rings. The number of aliphatic hydroxyl groups excluding tert-OH is 2. The number of nitrogens with two attached hydrogens (primary N) is 1. The molecule has 5 N–H and O–H groups in total. The molecule has 8 heteroatoms. The monoisotopic (exact) mass is 240 g/mol. The summed E-state index contributed by atoms with van der Waals surface area (Å²) >= 11 is 0. The number of rotatable bonds is 2. The maximum atomic E-state index is 11.6. The number of aromatic amines is 1. The molecule has 0 spiro atoms. The first kappa shape index (κ1) is 8.09. The highest BCUT2D eigenvalue weighted by Crippen LogP contribution is 2.14. The topological polar surface area (TPSA) is 138 Å². The minimum Gasteiger partial charge on any atom is -0.390 e. The quantitative estimate of drug-likeness (QED) is 0.512. The number of nitrogen functional groups attached to an aromatic ring is 1. The lowest BCUT2D eigenvalue weighted by molar-refractivity contribution is 0.0278. The van der Waals surface area contributed by atoms with Gasteiger partial charge in [-0.25, -0.2) is 9.97 Å². The average Bonchev–Trinajstić information content (AvgIpc) is 2.35. The van der Waals surface area contributed by atoms with Gasteiger partial charge in [0.1, 0.15) is 6.10 Å². The van der Waals surface area contributed by atoms with Crippen LogP contribution < -0.4 is 11.3 Å². The molecule has 0 unspecified atom stereocenters. The zero-order chi connectivity index (χ0) is 15.1. The van der Waals surface area contributed by atoms with Crippen LogP contribution >= 0.6 is 0 Å². The van der Waals surface area contributed by atoms with Crippen molar-refractivity contribution in [2.24, 2.45) is 0 Å². The van der Waals surface area contributed by atoms with Gasteiger partial charge in [-0.2, -0.15) is 4.98 Å². The predicted molar refractivity (Wildman–Crippen MR) is 59.0 cm³/mol. The van der Waals surface area contributed by atoms with E-state index in [9.17, 15) is 15.0 Å². The minimum absolute atomic E-state index is 0.0504. The Bertz CT molecular complexity index is 701. The summed E-state index contributed by atoms with van der Waals surface area (Å²) in [5.41, 5.74) is 4.13. The molecule has 0 saturated heterocycles. The molecule has 0 saturated carbocycles. The number of hydrogen-bond acceptors (Lipinski definition) is 7. The van der Waals surface area contributed by atoms with E-state index in [-0.39, 0.29) is 22.8 Å². The number of H-pyrrole nitrogens is 1. The molecule has 0 bridgehead atoms. The number of fused-ring (bicyclic) bond motifs is 1. The van der Waals surface area contributed by atoms with Crippen LogP contribution in [0.4, 0.5) is 5.95 Å². The first-order valence-electron chi connectivity index (χ1n) is 6.08. The van der Waals surface area contributed by atoms with E-state index in [4.69, 9.17) is 9.85 Å². The first-order valence-corrected chi connectivity index (χ1v) is 4.58. The van der Waals surface area contributed by atoms with Crippen molar-refractivity contribution in [2.45, 2.75) is 19.1 Å². The Labute approximate surface area is 99.4 Å². The van der Waals surface area contributed by atoms with Gasteiger partial charge in [0.25, 0.3) is 5.56 Å². The van der Waals surface area contributed by atoms with Gasteiger partial charge in [-0.05, 0) is 6.85 Å². The lowest BCUT2D eigenvalue weighted by Gasteiger charge is -2.12. The van der Waals surface area contributed by atoms with Crippen molar-refractivity contribution in [1.29, 1.82) is 0 Å². The number of anilines is 1. The van der Waals surface area contributed by atoms with E-state index in [1.807, 2.05) is 0 Å². The molecule has 0 aliphatic carbocycles. The summed E-state index contributed by atoms with van der Waals surface area (Å²) in [7, 11) is 0. The molecular weight excluding hydrogens is 226 g/mol. The van der Waals surface area contributed by atoms with E-state index < -0.39 is 24.6 Å². The van der Waals surface area contributed by atoms with Crippen molar-refractivity contribution in [2.75, 3.05) is 5.73 Å². The van der Waals surface area contributed by atoms with Crippen molar-refractivity contribution in [3.8, 4) is 0 Å². The molecule has 2 rings (SSSR count). The van der Waals surface area contributed by atoms with Gasteiger partial charge in [0.05, 0.1) is 18.0 Å². The second kappa shape index (κ2) is 4.07. The van der Waals surface area contributed by atoms with Crippen molar-refractivity contribution in [1.82, 2.24) is 19.9 Å². The van der Waals surface area contributed by atoms with Gasteiger partial charge in [0, 0.05) is 4.11 Å².